The van der Waals surface area contributed by atoms with E-state index >= 15 is 0 Å². The Bertz CT molecular complexity index is 478. The second-order valence-electron chi connectivity index (χ2n) is 5.11. The number of rotatable bonds is 3. The molecule has 0 spiro atoms. The summed E-state index contributed by atoms with van der Waals surface area (Å²) in [5, 5.41) is 5.80. The van der Waals surface area contributed by atoms with E-state index in [9.17, 15) is 18.0 Å². The van der Waals surface area contributed by atoms with Crippen molar-refractivity contribution in [3.8, 4) is 0 Å². The molecule has 0 aliphatic carbocycles. The van der Waals surface area contributed by atoms with Gasteiger partial charge in [-0.25, -0.2) is 13.2 Å². The van der Waals surface area contributed by atoms with Crippen LogP contribution in [0.15, 0.2) is 12.1 Å². The fraction of sp³-hybridized carbons (Fsp3) is 0.500. The maximum Gasteiger partial charge on any atom is 0.257 e. The Kier molecular flexibility index (Phi) is 4.65. The van der Waals surface area contributed by atoms with Crippen LogP contribution >= 0.6 is 0 Å². The molecule has 1 aliphatic rings. The Morgan fingerprint density at radius 2 is 2.00 bits per heavy atom. The highest BCUT2D eigenvalue weighted by Crippen LogP contribution is 2.17. The third-order valence-corrected chi connectivity index (χ3v) is 3.63. The standard InChI is InChI=1S/C14H17F3N2O/c1-8(9-3-2-4-18-7-9)19-14(20)13-11(16)5-10(15)6-12(13)17/h5-6,8-9,18H,2-4,7H2,1H3,(H,19,20). The third kappa shape index (κ3) is 3.30. The van der Waals surface area contributed by atoms with E-state index < -0.39 is 28.9 Å². The third-order valence-electron chi connectivity index (χ3n) is 3.63. The molecule has 0 radical (unpaired) electrons. The van der Waals surface area contributed by atoms with Crippen molar-refractivity contribution in [2.24, 2.45) is 5.92 Å². The van der Waals surface area contributed by atoms with Gasteiger partial charge in [0.2, 0.25) is 0 Å². The highest BCUT2D eigenvalue weighted by molar-refractivity contribution is 5.94. The van der Waals surface area contributed by atoms with Crippen molar-refractivity contribution in [3.63, 3.8) is 0 Å². The molecule has 2 atom stereocenters. The predicted molar refractivity (Wildman–Crippen MR) is 68.8 cm³/mol. The highest BCUT2D eigenvalue weighted by Gasteiger charge is 2.25. The minimum absolute atomic E-state index is 0.209. The lowest BCUT2D eigenvalue weighted by Crippen LogP contribution is -2.45. The van der Waals surface area contributed by atoms with E-state index in [1.165, 1.54) is 0 Å². The second kappa shape index (κ2) is 6.26. The van der Waals surface area contributed by atoms with Crippen LogP contribution in [0, 0.1) is 23.4 Å². The molecule has 0 bridgehead atoms. The maximum absolute atomic E-state index is 13.5. The minimum atomic E-state index is -1.19. The minimum Gasteiger partial charge on any atom is -0.349 e. The number of hydrogen-bond acceptors (Lipinski definition) is 2. The number of carbonyl (C=O) groups is 1. The van der Waals surface area contributed by atoms with Crippen molar-refractivity contribution < 1.29 is 18.0 Å². The second-order valence-corrected chi connectivity index (χ2v) is 5.11. The van der Waals surface area contributed by atoms with Gasteiger partial charge in [0.15, 0.2) is 0 Å². The first kappa shape index (κ1) is 14.8. The Balaban J connectivity index is 2.08. The number of halogens is 3. The lowest BCUT2D eigenvalue weighted by atomic mass is 9.92. The molecule has 0 aromatic heterocycles. The lowest BCUT2D eigenvalue weighted by molar-refractivity contribution is 0.0913. The summed E-state index contributed by atoms with van der Waals surface area (Å²) < 4.78 is 39.8. The van der Waals surface area contributed by atoms with Gasteiger partial charge in [0, 0.05) is 18.2 Å². The van der Waals surface area contributed by atoms with Crippen LogP contribution in [-0.2, 0) is 0 Å². The van der Waals surface area contributed by atoms with E-state index in [1.807, 2.05) is 0 Å². The van der Waals surface area contributed by atoms with Crippen molar-refractivity contribution in [2.75, 3.05) is 13.1 Å². The first-order valence-corrected chi connectivity index (χ1v) is 6.65. The van der Waals surface area contributed by atoms with Crippen molar-refractivity contribution >= 4 is 5.91 Å². The van der Waals surface area contributed by atoms with Gasteiger partial charge in [-0.2, -0.15) is 0 Å². The Labute approximate surface area is 115 Å². The summed E-state index contributed by atoms with van der Waals surface area (Å²) in [6.07, 6.45) is 1.95. The van der Waals surface area contributed by atoms with Gasteiger partial charge in [0.05, 0.1) is 0 Å². The van der Waals surface area contributed by atoms with Gasteiger partial charge < -0.3 is 10.6 Å². The molecule has 3 nitrogen and oxygen atoms in total. The van der Waals surface area contributed by atoms with Crippen molar-refractivity contribution in [2.45, 2.75) is 25.8 Å². The molecule has 1 heterocycles. The highest BCUT2D eigenvalue weighted by atomic mass is 19.1. The fourth-order valence-electron chi connectivity index (χ4n) is 2.46. The van der Waals surface area contributed by atoms with Crippen LogP contribution in [-0.4, -0.2) is 25.0 Å². The SMILES string of the molecule is CC(NC(=O)c1c(F)cc(F)cc1F)C1CCCNC1. The molecule has 1 fully saturated rings. The number of hydrogen-bond donors (Lipinski definition) is 2. The summed E-state index contributed by atoms with van der Waals surface area (Å²) in [7, 11) is 0. The van der Waals surface area contributed by atoms with Crippen LogP contribution in [0.5, 0.6) is 0 Å². The summed E-state index contributed by atoms with van der Waals surface area (Å²) in [5.41, 5.74) is -0.734. The molecule has 0 saturated carbocycles. The smallest absolute Gasteiger partial charge is 0.257 e. The van der Waals surface area contributed by atoms with Crippen LogP contribution in [0.4, 0.5) is 13.2 Å². The fourth-order valence-corrected chi connectivity index (χ4v) is 2.46. The monoisotopic (exact) mass is 286 g/mol. The van der Waals surface area contributed by atoms with E-state index in [0.717, 1.165) is 25.9 Å². The first-order valence-electron chi connectivity index (χ1n) is 6.65. The van der Waals surface area contributed by atoms with Gasteiger partial charge in [-0.15, -0.1) is 0 Å². The zero-order valence-electron chi connectivity index (χ0n) is 11.2. The predicted octanol–water partition coefficient (Wildman–Crippen LogP) is 2.22. The first-order chi connectivity index (χ1) is 9.49. The average molecular weight is 286 g/mol. The molecule has 20 heavy (non-hydrogen) atoms. The number of amides is 1. The summed E-state index contributed by atoms with van der Waals surface area (Å²) in [4.78, 5) is 11.9. The zero-order chi connectivity index (χ0) is 14.7. The van der Waals surface area contributed by atoms with Gasteiger partial charge in [-0.05, 0) is 38.8 Å². The number of benzene rings is 1. The molecule has 1 saturated heterocycles. The molecular formula is C14H17F3N2O. The Hall–Kier alpha value is -1.56. The molecular weight excluding hydrogens is 269 g/mol. The Morgan fingerprint density at radius 1 is 1.35 bits per heavy atom. The van der Waals surface area contributed by atoms with E-state index in [-0.39, 0.29) is 12.0 Å². The summed E-state index contributed by atoms with van der Waals surface area (Å²) in [6.45, 7) is 3.50. The summed E-state index contributed by atoms with van der Waals surface area (Å²) in [6, 6.07) is 0.800. The van der Waals surface area contributed by atoms with Crippen molar-refractivity contribution in [3.05, 3.63) is 35.1 Å². The maximum atomic E-state index is 13.5. The summed E-state index contributed by atoms with van der Waals surface area (Å²) in [5.74, 6) is -4.04. The van der Waals surface area contributed by atoms with Gasteiger partial charge in [-0.3, -0.25) is 4.79 Å². The Morgan fingerprint density at radius 3 is 2.55 bits per heavy atom. The van der Waals surface area contributed by atoms with Crippen molar-refractivity contribution in [1.82, 2.24) is 10.6 Å². The van der Waals surface area contributed by atoms with E-state index in [4.69, 9.17) is 0 Å². The number of nitrogens with one attached hydrogen (secondary N) is 2. The molecule has 1 aliphatic heterocycles. The average Bonchev–Trinajstić information content (AvgIpc) is 2.38. The van der Waals surface area contributed by atoms with E-state index in [2.05, 4.69) is 10.6 Å². The molecule has 2 rings (SSSR count). The van der Waals surface area contributed by atoms with Crippen LogP contribution in [0.2, 0.25) is 0 Å². The summed E-state index contributed by atoms with van der Waals surface area (Å²) >= 11 is 0. The van der Waals surface area contributed by atoms with Crippen LogP contribution in [0.25, 0.3) is 0 Å². The van der Waals surface area contributed by atoms with Crippen molar-refractivity contribution in [1.29, 1.82) is 0 Å². The number of piperidine rings is 1. The molecule has 2 N–H and O–H groups in total. The van der Waals surface area contributed by atoms with Crippen LogP contribution < -0.4 is 10.6 Å². The lowest BCUT2D eigenvalue weighted by Gasteiger charge is -2.29. The molecule has 2 unspecified atom stereocenters. The molecule has 1 amide bonds. The van der Waals surface area contributed by atoms with Crippen LogP contribution in [0.1, 0.15) is 30.1 Å². The zero-order valence-corrected chi connectivity index (χ0v) is 11.2. The van der Waals surface area contributed by atoms with Gasteiger partial charge in [0.25, 0.3) is 5.91 Å². The topological polar surface area (TPSA) is 41.1 Å². The normalized spacial score (nSPS) is 20.5. The molecule has 6 heteroatoms. The van der Waals surface area contributed by atoms with E-state index in [0.29, 0.717) is 12.1 Å². The van der Waals surface area contributed by atoms with Gasteiger partial charge in [0.1, 0.15) is 23.0 Å². The quantitative estimate of drug-likeness (QED) is 0.894. The van der Waals surface area contributed by atoms with E-state index in [1.54, 1.807) is 6.92 Å². The van der Waals surface area contributed by atoms with Crippen LogP contribution in [0.3, 0.4) is 0 Å². The largest absolute Gasteiger partial charge is 0.349 e. The molecule has 1 aromatic carbocycles. The van der Waals surface area contributed by atoms with Gasteiger partial charge >= 0.3 is 0 Å². The molecule has 1 aromatic rings. The van der Waals surface area contributed by atoms with Gasteiger partial charge in [-0.1, -0.05) is 0 Å². The molecule has 110 valence electrons. The number of carbonyl (C=O) groups excluding carboxylic acids is 1.